The molecule has 114 valence electrons. The molecule has 0 radical (unpaired) electrons. The molecule has 0 bridgehead atoms. The smallest absolute Gasteiger partial charge is 0.329 e. The molecule has 1 fully saturated rings. The fourth-order valence-electron chi connectivity index (χ4n) is 2.94. The number of rotatable bonds is 6. The zero-order chi connectivity index (χ0) is 14.5. The maximum atomic E-state index is 12.2. The highest BCUT2D eigenvalue weighted by molar-refractivity contribution is 4.90. The summed E-state index contributed by atoms with van der Waals surface area (Å²) in [5.74, 6) is 0.772. The first-order chi connectivity index (χ1) is 8.80. The summed E-state index contributed by atoms with van der Waals surface area (Å²) in [5, 5.41) is 0. The lowest BCUT2D eigenvalue weighted by Gasteiger charge is -2.44. The molecule has 1 heterocycles. The lowest BCUT2D eigenvalue weighted by atomic mass is 9.87. The van der Waals surface area contributed by atoms with Crippen molar-refractivity contribution in [3.05, 3.63) is 0 Å². The van der Waals surface area contributed by atoms with E-state index in [1.807, 2.05) is 6.92 Å². The zero-order valence-electron chi connectivity index (χ0n) is 12.1. The second kappa shape index (κ2) is 6.93. The normalized spacial score (nSPS) is 22.4. The van der Waals surface area contributed by atoms with Gasteiger partial charge < -0.3 is 5.73 Å². The van der Waals surface area contributed by atoms with Crippen LogP contribution >= 0.6 is 0 Å². The fourth-order valence-corrected chi connectivity index (χ4v) is 2.94. The molecule has 1 unspecified atom stereocenters. The lowest BCUT2D eigenvalue weighted by Crippen LogP contribution is -2.54. The highest BCUT2D eigenvalue weighted by atomic mass is 19.4. The van der Waals surface area contributed by atoms with Gasteiger partial charge in [0.2, 0.25) is 0 Å². The van der Waals surface area contributed by atoms with Crippen LogP contribution in [0.3, 0.4) is 0 Å². The molecule has 0 saturated carbocycles. The summed E-state index contributed by atoms with van der Waals surface area (Å²) in [6, 6.07) is 0. The third-order valence-corrected chi connectivity index (χ3v) is 4.57. The summed E-state index contributed by atoms with van der Waals surface area (Å²) >= 11 is 0. The van der Waals surface area contributed by atoms with Crippen LogP contribution in [0.1, 0.15) is 52.4 Å². The largest absolute Gasteiger partial charge is 0.389 e. The van der Waals surface area contributed by atoms with E-state index in [2.05, 4.69) is 11.8 Å². The van der Waals surface area contributed by atoms with E-state index in [1.165, 1.54) is 6.42 Å². The van der Waals surface area contributed by atoms with Crippen LogP contribution in [-0.2, 0) is 0 Å². The molecule has 0 aliphatic carbocycles. The Hall–Kier alpha value is -0.290. The molecule has 2 N–H and O–H groups in total. The summed E-state index contributed by atoms with van der Waals surface area (Å²) in [4.78, 5) is 2.30. The van der Waals surface area contributed by atoms with Gasteiger partial charge in [-0.2, -0.15) is 13.2 Å². The minimum atomic E-state index is -4.05. The van der Waals surface area contributed by atoms with Crippen LogP contribution in [0.4, 0.5) is 13.2 Å². The Labute approximate surface area is 114 Å². The van der Waals surface area contributed by atoms with E-state index in [1.54, 1.807) is 0 Å². The van der Waals surface area contributed by atoms with Gasteiger partial charge in [-0.1, -0.05) is 13.3 Å². The predicted octanol–water partition coefficient (Wildman–Crippen LogP) is 3.56. The third-order valence-electron chi connectivity index (χ3n) is 4.57. The number of nitrogens with two attached hydrogens (primary N) is 1. The van der Waals surface area contributed by atoms with Crippen molar-refractivity contribution in [2.24, 2.45) is 11.7 Å². The number of hydrogen-bond donors (Lipinski definition) is 1. The van der Waals surface area contributed by atoms with Crippen LogP contribution in [0.25, 0.3) is 0 Å². The van der Waals surface area contributed by atoms with Crippen LogP contribution in [-0.4, -0.2) is 36.2 Å². The molecule has 1 rings (SSSR count). The highest BCUT2D eigenvalue weighted by Gasteiger charge is 2.34. The molecule has 1 atom stereocenters. The van der Waals surface area contributed by atoms with Crippen LogP contribution in [0.15, 0.2) is 0 Å². The number of hydrogen-bond acceptors (Lipinski definition) is 2. The Morgan fingerprint density at radius 1 is 1.16 bits per heavy atom. The summed E-state index contributed by atoms with van der Waals surface area (Å²) in [5.41, 5.74) is 5.56. The molecule has 0 aromatic heterocycles. The summed E-state index contributed by atoms with van der Waals surface area (Å²) in [6.07, 6.45) is -0.568. The van der Waals surface area contributed by atoms with E-state index in [4.69, 9.17) is 5.73 Å². The van der Waals surface area contributed by atoms with Gasteiger partial charge in [-0.05, 0) is 51.6 Å². The second-order valence-corrected chi connectivity index (χ2v) is 6.01. The lowest BCUT2D eigenvalue weighted by molar-refractivity contribution is -0.137. The summed E-state index contributed by atoms with van der Waals surface area (Å²) < 4.78 is 36.7. The van der Waals surface area contributed by atoms with Gasteiger partial charge in [0.15, 0.2) is 0 Å². The summed E-state index contributed by atoms with van der Waals surface area (Å²) in [7, 11) is 0. The molecule has 1 aliphatic rings. The predicted molar refractivity (Wildman–Crippen MR) is 72.0 cm³/mol. The van der Waals surface area contributed by atoms with E-state index in [0.717, 1.165) is 31.8 Å². The van der Waals surface area contributed by atoms with Gasteiger partial charge >= 0.3 is 6.18 Å². The molecule has 0 aromatic rings. The van der Waals surface area contributed by atoms with Gasteiger partial charge in [-0.3, -0.25) is 4.90 Å². The summed E-state index contributed by atoms with van der Waals surface area (Å²) in [6.45, 7) is 6.58. The Balaban J connectivity index is 2.46. The van der Waals surface area contributed by atoms with Crippen molar-refractivity contribution >= 4 is 0 Å². The molecular formula is C14H27F3N2. The maximum Gasteiger partial charge on any atom is 0.389 e. The molecular weight excluding hydrogens is 253 g/mol. The Morgan fingerprint density at radius 3 is 2.16 bits per heavy atom. The van der Waals surface area contributed by atoms with Gasteiger partial charge in [0, 0.05) is 18.5 Å². The fraction of sp³-hybridized carbons (Fsp3) is 1.00. The van der Waals surface area contributed by atoms with Crippen molar-refractivity contribution in [1.29, 1.82) is 0 Å². The van der Waals surface area contributed by atoms with Gasteiger partial charge in [0.1, 0.15) is 0 Å². The average molecular weight is 280 g/mol. The van der Waals surface area contributed by atoms with Crippen LogP contribution < -0.4 is 5.73 Å². The second-order valence-electron chi connectivity index (χ2n) is 6.01. The van der Waals surface area contributed by atoms with E-state index in [0.29, 0.717) is 13.0 Å². The number of piperidine rings is 1. The Kier molecular flexibility index (Phi) is 6.12. The maximum absolute atomic E-state index is 12.2. The number of halogens is 3. The minimum Gasteiger partial charge on any atom is -0.329 e. The standard InChI is InChI=1S/C14H27F3N2/c1-3-12-5-9-19(10-6-12)13(2,11-18)7-4-8-14(15,16)17/h12H,3-11,18H2,1-2H3. The van der Waals surface area contributed by atoms with E-state index in [-0.39, 0.29) is 12.0 Å². The van der Waals surface area contributed by atoms with Gasteiger partial charge in [0.25, 0.3) is 0 Å². The Morgan fingerprint density at radius 2 is 1.74 bits per heavy atom. The molecule has 2 nitrogen and oxygen atoms in total. The molecule has 0 amide bonds. The number of alkyl halides is 3. The minimum absolute atomic E-state index is 0.172. The SMILES string of the molecule is CCC1CCN(C(C)(CN)CCCC(F)(F)F)CC1. The third kappa shape index (κ3) is 5.30. The van der Waals surface area contributed by atoms with Crippen molar-refractivity contribution in [2.75, 3.05) is 19.6 Å². The van der Waals surface area contributed by atoms with E-state index >= 15 is 0 Å². The van der Waals surface area contributed by atoms with E-state index in [9.17, 15) is 13.2 Å². The molecule has 19 heavy (non-hydrogen) atoms. The topological polar surface area (TPSA) is 29.3 Å². The van der Waals surface area contributed by atoms with Crippen molar-refractivity contribution in [1.82, 2.24) is 4.90 Å². The van der Waals surface area contributed by atoms with Gasteiger partial charge in [0.05, 0.1) is 0 Å². The molecule has 1 aliphatic heterocycles. The van der Waals surface area contributed by atoms with Crippen molar-refractivity contribution < 1.29 is 13.2 Å². The van der Waals surface area contributed by atoms with Crippen molar-refractivity contribution in [3.63, 3.8) is 0 Å². The van der Waals surface area contributed by atoms with Crippen LogP contribution in [0.2, 0.25) is 0 Å². The Bertz CT molecular complexity index is 260. The quantitative estimate of drug-likeness (QED) is 0.806. The zero-order valence-corrected chi connectivity index (χ0v) is 12.1. The molecule has 0 spiro atoms. The van der Waals surface area contributed by atoms with Gasteiger partial charge in [-0.25, -0.2) is 0 Å². The van der Waals surface area contributed by atoms with Crippen molar-refractivity contribution in [3.8, 4) is 0 Å². The molecule has 0 aromatic carbocycles. The van der Waals surface area contributed by atoms with E-state index < -0.39 is 12.6 Å². The first-order valence-electron chi connectivity index (χ1n) is 7.32. The van der Waals surface area contributed by atoms with Crippen LogP contribution in [0, 0.1) is 5.92 Å². The van der Waals surface area contributed by atoms with Gasteiger partial charge in [-0.15, -0.1) is 0 Å². The van der Waals surface area contributed by atoms with Crippen LogP contribution in [0.5, 0.6) is 0 Å². The average Bonchev–Trinajstić information content (AvgIpc) is 2.37. The first-order valence-corrected chi connectivity index (χ1v) is 7.32. The highest BCUT2D eigenvalue weighted by Crippen LogP contribution is 2.31. The van der Waals surface area contributed by atoms with Crippen molar-refractivity contribution in [2.45, 2.75) is 64.1 Å². The molecule has 1 saturated heterocycles. The monoisotopic (exact) mass is 280 g/mol. The molecule has 5 heteroatoms. The first kappa shape index (κ1) is 16.8. The number of nitrogens with zero attached hydrogens (tertiary/aromatic N) is 1. The number of likely N-dealkylation sites (tertiary alicyclic amines) is 1.